The molecular formula is C15H34BrNO2S. The van der Waals surface area contributed by atoms with Crippen molar-refractivity contribution in [3.63, 3.8) is 0 Å². The van der Waals surface area contributed by atoms with E-state index in [9.17, 15) is 4.21 Å². The van der Waals surface area contributed by atoms with Crippen LogP contribution in [-0.4, -0.2) is 35.2 Å². The summed E-state index contributed by atoms with van der Waals surface area (Å²) in [6.07, 6.45) is 11.1. The Labute approximate surface area is 139 Å². The van der Waals surface area contributed by atoms with Crippen LogP contribution in [0.4, 0.5) is 0 Å². The molecule has 0 aromatic carbocycles. The Bertz CT molecular complexity index is 228. The number of hydrogen-bond donors (Lipinski definition) is 0. The van der Waals surface area contributed by atoms with Gasteiger partial charge in [-0.25, -0.2) is 4.21 Å². The molecular weight excluding hydrogens is 338 g/mol. The molecule has 0 heterocycles. The molecule has 0 aliphatic carbocycles. The highest BCUT2D eigenvalue weighted by Crippen LogP contribution is 2.10. The molecule has 0 bridgehead atoms. The van der Waals surface area contributed by atoms with Crippen molar-refractivity contribution in [2.45, 2.75) is 77.0 Å². The Kier molecular flexibility index (Phi) is 18.2. The molecule has 0 saturated heterocycles. The van der Waals surface area contributed by atoms with E-state index in [1.807, 2.05) is 25.9 Å². The quantitative estimate of drug-likeness (QED) is 0.440. The topological polar surface area (TPSA) is 29.5 Å². The van der Waals surface area contributed by atoms with E-state index in [0.717, 1.165) is 12.8 Å². The largest absolute Gasteiger partial charge is 0.294 e. The van der Waals surface area contributed by atoms with Gasteiger partial charge in [-0.3, -0.25) is 9.08 Å². The van der Waals surface area contributed by atoms with Crippen LogP contribution in [0.1, 0.15) is 71.6 Å². The van der Waals surface area contributed by atoms with Gasteiger partial charge in [0.25, 0.3) is 0 Å². The Balaban J connectivity index is 0. The van der Waals surface area contributed by atoms with Crippen LogP contribution < -0.4 is 0 Å². The summed E-state index contributed by atoms with van der Waals surface area (Å²) in [5.41, 5.74) is 0. The lowest BCUT2D eigenvalue weighted by molar-refractivity contribution is 0.293. The summed E-state index contributed by atoms with van der Waals surface area (Å²) in [5.74, 6) is 0. The summed E-state index contributed by atoms with van der Waals surface area (Å²) in [4.78, 5) is 1.98. The second-order valence-electron chi connectivity index (χ2n) is 5.38. The van der Waals surface area contributed by atoms with Crippen molar-refractivity contribution < 1.29 is 8.39 Å². The Morgan fingerprint density at radius 2 is 1.45 bits per heavy atom. The van der Waals surface area contributed by atoms with E-state index in [1.54, 1.807) is 0 Å². The minimum atomic E-state index is -1.17. The van der Waals surface area contributed by atoms with Gasteiger partial charge in [-0.2, -0.15) is 0 Å². The molecule has 0 aliphatic rings. The third-order valence-electron chi connectivity index (χ3n) is 3.34. The predicted octanol–water partition coefficient (Wildman–Crippen LogP) is 4.68. The molecule has 2 unspecified atom stereocenters. The van der Waals surface area contributed by atoms with Crippen molar-refractivity contribution in [2.75, 3.05) is 20.7 Å². The molecule has 3 nitrogen and oxygen atoms in total. The number of nitrogens with zero attached hydrogens (tertiary/aromatic N) is 1. The molecule has 2 atom stereocenters. The van der Waals surface area contributed by atoms with Crippen LogP contribution in [0.5, 0.6) is 0 Å². The average molecular weight is 372 g/mol. The highest BCUT2D eigenvalue weighted by atomic mass is 79.9. The minimum Gasteiger partial charge on any atom is -0.294 e. The molecule has 0 amide bonds. The van der Waals surface area contributed by atoms with E-state index in [0.29, 0.717) is 6.61 Å². The third-order valence-corrected chi connectivity index (χ3v) is 4.94. The first-order chi connectivity index (χ1) is 9.13. The normalized spacial score (nSPS) is 14.1. The summed E-state index contributed by atoms with van der Waals surface area (Å²) in [6.45, 7) is 4.92. The number of unbranched alkanes of at least 4 members (excludes halogenated alkanes) is 7. The lowest BCUT2D eigenvalue weighted by Crippen LogP contribution is -2.32. The van der Waals surface area contributed by atoms with Gasteiger partial charge in [-0.05, 0) is 26.9 Å². The van der Waals surface area contributed by atoms with Gasteiger partial charge < -0.3 is 0 Å². The highest BCUT2D eigenvalue weighted by molar-refractivity contribution is 8.93. The van der Waals surface area contributed by atoms with Gasteiger partial charge in [0, 0.05) is 0 Å². The van der Waals surface area contributed by atoms with E-state index >= 15 is 0 Å². The first-order valence-corrected chi connectivity index (χ1v) is 8.97. The Morgan fingerprint density at radius 1 is 0.950 bits per heavy atom. The lowest BCUT2D eigenvalue weighted by Gasteiger charge is -2.21. The zero-order valence-electron chi connectivity index (χ0n) is 13.7. The predicted molar refractivity (Wildman–Crippen MR) is 94.8 cm³/mol. The molecule has 0 saturated carbocycles. The monoisotopic (exact) mass is 371 g/mol. The molecule has 0 aromatic rings. The molecule has 0 radical (unpaired) electrons. The SMILES string of the molecule is Br.CCCCCCCCCCOS(=O)C(CC)N(C)C. The molecule has 20 heavy (non-hydrogen) atoms. The molecule has 0 fully saturated rings. The molecule has 0 spiro atoms. The standard InChI is InChI=1S/C15H33NO2S.BrH/c1-5-7-8-9-10-11-12-13-14-18-19(17)15(6-2)16(3)4;/h15H,5-14H2,1-4H3;1H. The summed E-state index contributed by atoms with van der Waals surface area (Å²) in [5, 5.41) is 0.0223. The zero-order valence-corrected chi connectivity index (χ0v) is 16.3. The highest BCUT2D eigenvalue weighted by Gasteiger charge is 2.17. The lowest BCUT2D eigenvalue weighted by atomic mass is 10.1. The van der Waals surface area contributed by atoms with Gasteiger partial charge in [-0.15, -0.1) is 17.0 Å². The fraction of sp³-hybridized carbons (Fsp3) is 1.00. The van der Waals surface area contributed by atoms with Gasteiger partial charge in [0.2, 0.25) is 0 Å². The van der Waals surface area contributed by atoms with Crippen LogP contribution in [0.25, 0.3) is 0 Å². The zero-order chi connectivity index (χ0) is 14.5. The first-order valence-electron chi connectivity index (χ1n) is 7.83. The summed E-state index contributed by atoms with van der Waals surface area (Å²) >= 11 is -1.17. The maximum Gasteiger partial charge on any atom is 0.173 e. The van der Waals surface area contributed by atoms with E-state index in [-0.39, 0.29) is 22.4 Å². The van der Waals surface area contributed by atoms with E-state index in [1.165, 1.54) is 44.9 Å². The average Bonchev–Trinajstić information content (AvgIpc) is 2.37. The van der Waals surface area contributed by atoms with Crippen LogP contribution in [0.15, 0.2) is 0 Å². The molecule has 0 N–H and O–H groups in total. The van der Waals surface area contributed by atoms with E-state index in [4.69, 9.17) is 4.18 Å². The second-order valence-corrected chi connectivity index (χ2v) is 6.68. The number of halogens is 1. The molecule has 0 rings (SSSR count). The fourth-order valence-corrected chi connectivity index (χ4v) is 3.18. The van der Waals surface area contributed by atoms with Gasteiger partial charge in [0.15, 0.2) is 11.1 Å². The van der Waals surface area contributed by atoms with Gasteiger partial charge in [0.1, 0.15) is 5.37 Å². The first kappa shape index (κ1) is 22.8. The Morgan fingerprint density at radius 3 is 1.90 bits per heavy atom. The summed E-state index contributed by atoms with van der Waals surface area (Å²) in [6, 6.07) is 0. The fourth-order valence-electron chi connectivity index (χ4n) is 2.13. The van der Waals surface area contributed by atoms with E-state index < -0.39 is 11.1 Å². The van der Waals surface area contributed by atoms with Gasteiger partial charge in [0.05, 0.1) is 6.61 Å². The maximum atomic E-state index is 11.9. The van der Waals surface area contributed by atoms with Crippen molar-refractivity contribution >= 4 is 28.1 Å². The van der Waals surface area contributed by atoms with Crippen LogP contribution in [0.3, 0.4) is 0 Å². The molecule has 5 heteroatoms. The van der Waals surface area contributed by atoms with Crippen LogP contribution >= 0.6 is 17.0 Å². The number of rotatable bonds is 13. The van der Waals surface area contributed by atoms with Crippen LogP contribution in [-0.2, 0) is 15.3 Å². The Hall–Kier alpha value is 0.550. The molecule has 0 aromatic heterocycles. The van der Waals surface area contributed by atoms with Crippen molar-refractivity contribution in [2.24, 2.45) is 0 Å². The molecule has 124 valence electrons. The van der Waals surface area contributed by atoms with Gasteiger partial charge in [-0.1, -0.05) is 58.8 Å². The van der Waals surface area contributed by atoms with Crippen molar-refractivity contribution in [1.29, 1.82) is 0 Å². The van der Waals surface area contributed by atoms with Gasteiger partial charge >= 0.3 is 0 Å². The van der Waals surface area contributed by atoms with Crippen LogP contribution in [0, 0.1) is 0 Å². The molecule has 0 aliphatic heterocycles. The summed E-state index contributed by atoms with van der Waals surface area (Å²) < 4.78 is 17.3. The minimum absolute atomic E-state index is 0. The maximum absolute atomic E-state index is 11.9. The van der Waals surface area contributed by atoms with Crippen molar-refractivity contribution in [1.82, 2.24) is 4.90 Å². The smallest absolute Gasteiger partial charge is 0.173 e. The number of hydrogen-bond acceptors (Lipinski definition) is 3. The second kappa shape index (κ2) is 15.9. The third kappa shape index (κ3) is 12.3. The van der Waals surface area contributed by atoms with Crippen molar-refractivity contribution in [3.8, 4) is 0 Å². The van der Waals surface area contributed by atoms with Crippen LogP contribution in [0.2, 0.25) is 0 Å². The van der Waals surface area contributed by atoms with Crippen molar-refractivity contribution in [3.05, 3.63) is 0 Å². The van der Waals surface area contributed by atoms with E-state index in [2.05, 4.69) is 6.92 Å². The summed E-state index contributed by atoms with van der Waals surface area (Å²) in [7, 11) is 3.90.